The molecular weight excluding hydrogens is 352 g/mol. The van der Waals surface area contributed by atoms with Crippen LogP contribution < -0.4 is 5.73 Å². The van der Waals surface area contributed by atoms with Gasteiger partial charge in [-0.05, 0) is 41.8 Å². The molecule has 2 aromatic rings. The summed E-state index contributed by atoms with van der Waals surface area (Å²) in [6, 6.07) is 11.2. The molecule has 2 N–H and O–H groups in total. The van der Waals surface area contributed by atoms with Crippen molar-refractivity contribution in [3.05, 3.63) is 62.6 Å². The lowest BCUT2D eigenvalue weighted by Gasteiger charge is -2.30. The van der Waals surface area contributed by atoms with Crippen molar-refractivity contribution in [2.45, 2.75) is 13.0 Å². The summed E-state index contributed by atoms with van der Waals surface area (Å²) in [5.41, 5.74) is 9.60. The van der Waals surface area contributed by atoms with Gasteiger partial charge in [0.1, 0.15) is 0 Å². The molecule has 0 fully saturated rings. The molecule has 1 heterocycles. The first kappa shape index (κ1) is 14.4. The van der Waals surface area contributed by atoms with E-state index < -0.39 is 0 Å². The van der Waals surface area contributed by atoms with Gasteiger partial charge in [0, 0.05) is 23.2 Å². The van der Waals surface area contributed by atoms with E-state index in [1.807, 2.05) is 29.2 Å². The summed E-state index contributed by atoms with van der Waals surface area (Å²) in [6.45, 7) is 1.23. The van der Waals surface area contributed by atoms with Crippen molar-refractivity contribution in [1.29, 1.82) is 0 Å². The second kappa shape index (κ2) is 5.70. The Bertz CT molecular complexity index is 717. The second-order valence-corrected chi connectivity index (χ2v) is 6.41. The van der Waals surface area contributed by atoms with E-state index >= 15 is 0 Å². The summed E-state index contributed by atoms with van der Waals surface area (Å²) in [7, 11) is 0. The third-order valence-corrected chi connectivity index (χ3v) is 4.56. The number of anilines is 1. The third kappa shape index (κ3) is 2.78. The first-order valence-electron chi connectivity index (χ1n) is 6.67. The minimum atomic E-state index is -0.0411. The van der Waals surface area contributed by atoms with E-state index in [2.05, 4.69) is 15.9 Å². The van der Waals surface area contributed by atoms with Gasteiger partial charge in [-0.3, -0.25) is 4.79 Å². The number of nitrogens with zero attached hydrogens (tertiary/aromatic N) is 1. The molecule has 0 bridgehead atoms. The summed E-state index contributed by atoms with van der Waals surface area (Å²) >= 11 is 9.52. The van der Waals surface area contributed by atoms with Crippen molar-refractivity contribution in [2.75, 3.05) is 12.3 Å². The molecule has 3 rings (SSSR count). The van der Waals surface area contributed by atoms with Crippen LogP contribution in [0, 0.1) is 0 Å². The summed E-state index contributed by atoms with van der Waals surface area (Å²) < 4.78 is 0.862. The first-order chi connectivity index (χ1) is 10.1. The Labute approximate surface area is 136 Å². The highest BCUT2D eigenvalue weighted by molar-refractivity contribution is 9.10. The molecule has 5 heteroatoms. The molecule has 1 amide bonds. The fourth-order valence-corrected chi connectivity index (χ4v) is 3.40. The van der Waals surface area contributed by atoms with Crippen LogP contribution in [0.1, 0.15) is 21.5 Å². The summed E-state index contributed by atoms with van der Waals surface area (Å²) in [5.74, 6) is -0.0411. The predicted molar refractivity (Wildman–Crippen MR) is 88.5 cm³/mol. The Hall–Kier alpha value is -1.52. The molecule has 1 aliphatic rings. The standard InChI is InChI=1S/C16H14BrClN2O/c17-11-4-5-13(14(18)8-11)16(21)20-7-6-12-10(9-20)2-1-3-15(12)19/h1-5,8H,6-7,9,19H2. The van der Waals surface area contributed by atoms with Crippen LogP contribution in [0.4, 0.5) is 5.69 Å². The van der Waals surface area contributed by atoms with E-state index in [1.165, 1.54) is 0 Å². The third-order valence-electron chi connectivity index (χ3n) is 3.75. The molecule has 3 nitrogen and oxygen atoms in total. The lowest BCUT2D eigenvalue weighted by molar-refractivity contribution is 0.0735. The van der Waals surface area contributed by atoms with Crippen LogP contribution in [0.25, 0.3) is 0 Å². The van der Waals surface area contributed by atoms with Gasteiger partial charge in [-0.1, -0.05) is 39.7 Å². The number of fused-ring (bicyclic) bond motifs is 1. The van der Waals surface area contributed by atoms with Crippen molar-refractivity contribution >= 4 is 39.1 Å². The van der Waals surface area contributed by atoms with Gasteiger partial charge in [0.25, 0.3) is 5.91 Å². The van der Waals surface area contributed by atoms with Crippen LogP contribution in [-0.2, 0) is 13.0 Å². The number of hydrogen-bond donors (Lipinski definition) is 1. The van der Waals surface area contributed by atoms with Crippen LogP contribution in [-0.4, -0.2) is 17.4 Å². The molecule has 0 radical (unpaired) electrons. The zero-order chi connectivity index (χ0) is 15.0. The van der Waals surface area contributed by atoms with Crippen LogP contribution in [0.15, 0.2) is 40.9 Å². The normalized spacial score (nSPS) is 13.9. The van der Waals surface area contributed by atoms with Crippen molar-refractivity contribution in [3.63, 3.8) is 0 Å². The molecule has 0 spiro atoms. The summed E-state index contributed by atoms with van der Waals surface area (Å²) in [6.07, 6.45) is 0.780. The van der Waals surface area contributed by atoms with Gasteiger partial charge in [-0.25, -0.2) is 0 Å². The number of benzene rings is 2. The largest absolute Gasteiger partial charge is 0.398 e. The molecule has 21 heavy (non-hydrogen) atoms. The number of hydrogen-bond acceptors (Lipinski definition) is 2. The number of halogens is 2. The average Bonchev–Trinajstić information content (AvgIpc) is 2.46. The Kier molecular flexibility index (Phi) is 3.91. The van der Waals surface area contributed by atoms with Crippen molar-refractivity contribution in [2.24, 2.45) is 0 Å². The fourth-order valence-electron chi connectivity index (χ4n) is 2.65. The van der Waals surface area contributed by atoms with Crippen LogP contribution in [0.3, 0.4) is 0 Å². The number of amides is 1. The van der Waals surface area contributed by atoms with Crippen molar-refractivity contribution < 1.29 is 4.79 Å². The maximum Gasteiger partial charge on any atom is 0.255 e. The molecule has 0 unspecified atom stereocenters. The smallest absolute Gasteiger partial charge is 0.255 e. The second-order valence-electron chi connectivity index (χ2n) is 5.09. The zero-order valence-electron chi connectivity index (χ0n) is 11.3. The van der Waals surface area contributed by atoms with Crippen LogP contribution in [0.5, 0.6) is 0 Å². The molecular formula is C16H14BrClN2O. The molecule has 0 aromatic heterocycles. The van der Waals surface area contributed by atoms with Gasteiger partial charge in [-0.15, -0.1) is 0 Å². The van der Waals surface area contributed by atoms with E-state index in [0.717, 1.165) is 27.7 Å². The van der Waals surface area contributed by atoms with Crippen molar-refractivity contribution in [1.82, 2.24) is 4.90 Å². The Morgan fingerprint density at radius 1 is 1.29 bits per heavy atom. The summed E-state index contributed by atoms with van der Waals surface area (Å²) in [5, 5.41) is 0.466. The van der Waals surface area contributed by atoms with E-state index in [4.69, 9.17) is 17.3 Å². The topological polar surface area (TPSA) is 46.3 Å². The summed E-state index contributed by atoms with van der Waals surface area (Å²) in [4.78, 5) is 14.4. The van der Waals surface area contributed by atoms with Gasteiger partial charge in [0.05, 0.1) is 10.6 Å². The predicted octanol–water partition coefficient (Wildman–Crippen LogP) is 3.88. The van der Waals surface area contributed by atoms with Gasteiger partial charge >= 0.3 is 0 Å². The van der Waals surface area contributed by atoms with Gasteiger partial charge in [0.2, 0.25) is 0 Å². The van der Waals surface area contributed by atoms with Crippen LogP contribution >= 0.6 is 27.5 Å². The molecule has 1 aliphatic heterocycles. The number of nitrogen functional groups attached to an aromatic ring is 1. The van der Waals surface area contributed by atoms with E-state index in [0.29, 0.717) is 23.7 Å². The molecule has 2 aromatic carbocycles. The maximum absolute atomic E-state index is 12.6. The minimum absolute atomic E-state index is 0.0411. The first-order valence-corrected chi connectivity index (χ1v) is 7.84. The highest BCUT2D eigenvalue weighted by atomic mass is 79.9. The minimum Gasteiger partial charge on any atom is -0.398 e. The van der Waals surface area contributed by atoms with E-state index in [9.17, 15) is 4.79 Å². The Morgan fingerprint density at radius 2 is 2.10 bits per heavy atom. The lowest BCUT2D eigenvalue weighted by atomic mass is 9.97. The van der Waals surface area contributed by atoms with E-state index in [1.54, 1.807) is 12.1 Å². The number of carbonyl (C=O) groups excluding carboxylic acids is 1. The molecule has 108 valence electrons. The monoisotopic (exact) mass is 364 g/mol. The quantitative estimate of drug-likeness (QED) is 0.780. The fraction of sp³-hybridized carbons (Fsp3) is 0.188. The Balaban J connectivity index is 1.87. The van der Waals surface area contributed by atoms with Crippen molar-refractivity contribution in [3.8, 4) is 0 Å². The Morgan fingerprint density at radius 3 is 2.86 bits per heavy atom. The lowest BCUT2D eigenvalue weighted by Crippen LogP contribution is -2.36. The van der Waals surface area contributed by atoms with Gasteiger partial charge in [0.15, 0.2) is 0 Å². The molecule has 0 saturated heterocycles. The zero-order valence-corrected chi connectivity index (χ0v) is 13.6. The van der Waals surface area contributed by atoms with Gasteiger partial charge < -0.3 is 10.6 Å². The van der Waals surface area contributed by atoms with E-state index in [-0.39, 0.29) is 5.91 Å². The highest BCUT2D eigenvalue weighted by Gasteiger charge is 2.24. The average molecular weight is 366 g/mol. The molecule has 0 aliphatic carbocycles. The molecule has 0 atom stereocenters. The number of carbonyl (C=O) groups is 1. The number of rotatable bonds is 1. The maximum atomic E-state index is 12.6. The van der Waals surface area contributed by atoms with Gasteiger partial charge in [-0.2, -0.15) is 0 Å². The molecule has 0 saturated carbocycles. The SMILES string of the molecule is Nc1cccc2c1CCN(C(=O)c1ccc(Br)cc1Cl)C2. The number of nitrogens with two attached hydrogens (primary N) is 1. The highest BCUT2D eigenvalue weighted by Crippen LogP contribution is 2.27. The van der Waals surface area contributed by atoms with Crippen LogP contribution in [0.2, 0.25) is 5.02 Å².